The van der Waals surface area contributed by atoms with Crippen LogP contribution in [0.15, 0.2) is 27.9 Å². The third-order valence-corrected chi connectivity index (χ3v) is 2.41. The first-order valence-corrected chi connectivity index (χ1v) is 4.95. The highest BCUT2D eigenvalue weighted by Crippen LogP contribution is 2.21. The minimum Gasteiger partial charge on any atom is -0.452 e. The number of quaternary nitrogens is 1. The molecule has 1 aromatic rings. The van der Waals surface area contributed by atoms with Gasteiger partial charge in [0.25, 0.3) is 0 Å². The Morgan fingerprint density at radius 1 is 1.53 bits per heavy atom. The molecule has 2 amide bonds. The zero-order valence-electron chi connectivity index (χ0n) is 9.21. The Morgan fingerprint density at radius 3 is 2.76 bits per heavy atom. The molecule has 6 nitrogen and oxygen atoms in total. The fourth-order valence-corrected chi connectivity index (χ4v) is 1.50. The molecule has 2 N–H and O–H groups in total. The first-order chi connectivity index (χ1) is 8.03. The number of nitrogens with two attached hydrogens (primary N) is 1. The molecule has 17 heavy (non-hydrogen) atoms. The molecule has 0 saturated heterocycles. The number of hydrogen-bond donors (Lipinski definition) is 1. The molecule has 0 spiro atoms. The Hall–Kier alpha value is -2.21. The van der Waals surface area contributed by atoms with E-state index in [0.717, 1.165) is 0 Å². The van der Waals surface area contributed by atoms with Gasteiger partial charge in [-0.2, -0.15) is 0 Å². The topological polar surface area (TPSA) is 85.7 Å². The second kappa shape index (κ2) is 3.99. The Kier molecular flexibility index (Phi) is 2.64. The summed E-state index contributed by atoms with van der Waals surface area (Å²) in [5.74, 6) is 0.541. The van der Waals surface area contributed by atoms with Gasteiger partial charge in [0.2, 0.25) is 0 Å². The lowest BCUT2D eigenvalue weighted by Crippen LogP contribution is -2.45. The van der Waals surface area contributed by atoms with E-state index < -0.39 is 10.6 Å². The Morgan fingerprint density at radius 2 is 2.29 bits per heavy atom. The number of carbonyl (C=O) groups excluding carboxylic acids is 2. The SMILES string of the molecule is CC(=O)c1ccc(C[N+]2(C(N)=O)C=[C]C=N2)o1. The monoisotopic (exact) mass is 233 g/mol. The summed E-state index contributed by atoms with van der Waals surface area (Å²) in [4.78, 5) is 22.4. The van der Waals surface area contributed by atoms with Gasteiger partial charge in [0.15, 0.2) is 23.8 Å². The van der Waals surface area contributed by atoms with Crippen LogP contribution in [-0.4, -0.2) is 22.6 Å². The van der Waals surface area contributed by atoms with Crippen LogP contribution in [0.25, 0.3) is 0 Å². The number of urea groups is 1. The van der Waals surface area contributed by atoms with Gasteiger partial charge < -0.3 is 10.2 Å². The quantitative estimate of drug-likeness (QED) is 0.628. The van der Waals surface area contributed by atoms with Crippen LogP contribution in [0.4, 0.5) is 4.79 Å². The highest BCUT2D eigenvalue weighted by atomic mass is 16.3. The van der Waals surface area contributed by atoms with E-state index in [9.17, 15) is 9.59 Å². The summed E-state index contributed by atoms with van der Waals surface area (Å²) in [7, 11) is 0. The van der Waals surface area contributed by atoms with E-state index >= 15 is 0 Å². The zero-order valence-corrected chi connectivity index (χ0v) is 9.21. The molecular weight excluding hydrogens is 222 g/mol. The maximum absolute atomic E-state index is 11.4. The van der Waals surface area contributed by atoms with Crippen LogP contribution >= 0.6 is 0 Å². The van der Waals surface area contributed by atoms with Crippen molar-refractivity contribution in [1.29, 1.82) is 0 Å². The maximum atomic E-state index is 11.4. The molecule has 87 valence electrons. The number of nitrogens with zero attached hydrogens (tertiary/aromatic N) is 2. The first kappa shape index (κ1) is 11.3. The van der Waals surface area contributed by atoms with Gasteiger partial charge in [-0.1, -0.05) is 9.69 Å². The van der Waals surface area contributed by atoms with E-state index in [-0.39, 0.29) is 18.1 Å². The number of Topliss-reactive ketones (excluding diaryl/α,β-unsaturated/α-hetero) is 1. The predicted molar refractivity (Wildman–Crippen MR) is 58.6 cm³/mol. The van der Waals surface area contributed by atoms with Crippen molar-refractivity contribution in [1.82, 2.24) is 0 Å². The first-order valence-electron chi connectivity index (χ1n) is 4.95. The number of primary amides is 1. The van der Waals surface area contributed by atoms with Crippen molar-refractivity contribution in [2.45, 2.75) is 13.5 Å². The Labute approximate surface area is 97.6 Å². The van der Waals surface area contributed by atoms with Gasteiger partial charge in [-0.3, -0.25) is 4.79 Å². The number of allylic oxidation sites excluding steroid dienone is 1. The summed E-state index contributed by atoms with van der Waals surface area (Å²) in [6, 6.07) is 2.55. The van der Waals surface area contributed by atoms with E-state index in [0.29, 0.717) is 5.76 Å². The highest BCUT2D eigenvalue weighted by molar-refractivity contribution is 5.91. The highest BCUT2D eigenvalue weighted by Gasteiger charge is 2.36. The maximum Gasteiger partial charge on any atom is 0.445 e. The molecule has 0 aromatic carbocycles. The van der Waals surface area contributed by atoms with Crippen LogP contribution < -0.4 is 5.73 Å². The third kappa shape index (κ3) is 2.02. The van der Waals surface area contributed by atoms with Crippen molar-refractivity contribution in [3.05, 3.63) is 35.9 Å². The van der Waals surface area contributed by atoms with Crippen LogP contribution in [0.2, 0.25) is 0 Å². The number of carbonyl (C=O) groups is 2. The molecule has 2 heterocycles. The summed E-state index contributed by atoms with van der Waals surface area (Å²) >= 11 is 0. The molecule has 0 bridgehead atoms. The molecule has 6 heteroatoms. The van der Waals surface area contributed by atoms with Crippen LogP contribution in [0, 0.1) is 6.08 Å². The average molecular weight is 233 g/mol. The van der Waals surface area contributed by atoms with E-state index in [1.54, 1.807) is 12.1 Å². The fraction of sp³-hybridized carbons (Fsp3) is 0.182. The Balaban J connectivity index is 2.24. The molecule has 1 aliphatic heterocycles. The number of ketones is 1. The average Bonchev–Trinajstić information content (AvgIpc) is 2.88. The lowest BCUT2D eigenvalue weighted by atomic mass is 10.3. The molecule has 0 fully saturated rings. The van der Waals surface area contributed by atoms with E-state index in [1.165, 1.54) is 19.3 Å². The van der Waals surface area contributed by atoms with Gasteiger partial charge in [0, 0.05) is 6.92 Å². The fourth-order valence-electron chi connectivity index (χ4n) is 1.50. The molecule has 1 radical (unpaired) electrons. The lowest BCUT2D eigenvalue weighted by molar-refractivity contribution is -0.816. The third-order valence-electron chi connectivity index (χ3n) is 2.41. The number of rotatable bonds is 3. The zero-order chi connectivity index (χ0) is 12.5. The van der Waals surface area contributed by atoms with Gasteiger partial charge in [-0.15, -0.1) is 0 Å². The van der Waals surface area contributed by atoms with Gasteiger partial charge >= 0.3 is 6.03 Å². The van der Waals surface area contributed by atoms with Crippen LogP contribution in [-0.2, 0) is 6.54 Å². The Bertz CT molecular complexity index is 516. The van der Waals surface area contributed by atoms with Gasteiger partial charge in [-0.25, -0.2) is 4.79 Å². The summed E-state index contributed by atoms with van der Waals surface area (Å²) in [6.45, 7) is 1.54. The lowest BCUT2D eigenvalue weighted by Gasteiger charge is -2.18. The molecule has 1 unspecified atom stereocenters. The van der Waals surface area contributed by atoms with Crippen molar-refractivity contribution in [2.75, 3.05) is 0 Å². The van der Waals surface area contributed by atoms with E-state index in [4.69, 9.17) is 10.2 Å². The molecule has 0 saturated carbocycles. The summed E-state index contributed by atoms with van der Waals surface area (Å²) < 4.78 is 4.86. The van der Waals surface area contributed by atoms with E-state index in [1.807, 2.05) is 0 Å². The molecule has 1 aliphatic rings. The van der Waals surface area contributed by atoms with Crippen molar-refractivity contribution in [2.24, 2.45) is 10.8 Å². The summed E-state index contributed by atoms with van der Waals surface area (Å²) in [5, 5.41) is 3.94. The van der Waals surface area contributed by atoms with Gasteiger partial charge in [-0.05, 0) is 12.1 Å². The molecule has 1 atom stereocenters. The second-order valence-corrected chi connectivity index (χ2v) is 3.69. The summed E-state index contributed by atoms with van der Waals surface area (Å²) in [6.07, 6.45) is 5.51. The smallest absolute Gasteiger partial charge is 0.445 e. The van der Waals surface area contributed by atoms with Crippen LogP contribution in [0.1, 0.15) is 23.2 Å². The normalized spacial score (nSPS) is 21.9. The van der Waals surface area contributed by atoms with Crippen molar-refractivity contribution < 1.29 is 18.6 Å². The number of amides is 2. The molecule has 0 aliphatic carbocycles. The predicted octanol–water partition coefficient (Wildman–Crippen LogP) is 1.19. The molecule has 2 rings (SSSR count). The summed E-state index contributed by atoms with van der Waals surface area (Å²) in [5.41, 5.74) is 5.29. The minimum atomic E-state index is -0.632. The van der Waals surface area contributed by atoms with Gasteiger partial charge in [0.05, 0.1) is 12.3 Å². The van der Waals surface area contributed by atoms with Gasteiger partial charge in [0.1, 0.15) is 6.20 Å². The standard InChI is InChI=1S/C11H10N3O3/c1-8(15)10-4-3-9(17-10)7-14(11(12)16)6-2-5-13-14/h3-6H,7H2,1H3,(H-,12,16)/p+1. The van der Waals surface area contributed by atoms with Crippen molar-refractivity contribution in [3.8, 4) is 0 Å². The second-order valence-electron chi connectivity index (χ2n) is 3.69. The molecular formula is C11H11N3O3+. The van der Waals surface area contributed by atoms with Crippen LogP contribution in [0.5, 0.6) is 0 Å². The van der Waals surface area contributed by atoms with Crippen molar-refractivity contribution in [3.63, 3.8) is 0 Å². The number of hydrogen-bond acceptors (Lipinski definition) is 4. The largest absolute Gasteiger partial charge is 0.452 e. The van der Waals surface area contributed by atoms with Crippen molar-refractivity contribution >= 4 is 18.0 Å². The number of furan rings is 1. The van der Waals surface area contributed by atoms with E-state index in [2.05, 4.69) is 11.2 Å². The van der Waals surface area contributed by atoms with Crippen LogP contribution in [0.3, 0.4) is 0 Å². The minimum absolute atomic E-state index is 0.131. The molecule has 1 aromatic heterocycles.